The molecule has 114 valence electrons. The fraction of sp³-hybridized carbons (Fsp3) is 0.400. The van der Waals surface area contributed by atoms with Gasteiger partial charge in [0.2, 0.25) is 5.91 Å². The summed E-state index contributed by atoms with van der Waals surface area (Å²) in [4.78, 5) is 13.9. The molecule has 4 nitrogen and oxygen atoms in total. The first-order valence-corrected chi connectivity index (χ1v) is 8.92. The van der Waals surface area contributed by atoms with Crippen LogP contribution in [0.25, 0.3) is 0 Å². The lowest BCUT2D eigenvalue weighted by Crippen LogP contribution is -2.41. The van der Waals surface area contributed by atoms with E-state index in [4.69, 9.17) is 11.6 Å². The highest BCUT2D eigenvalue weighted by Crippen LogP contribution is 2.28. The van der Waals surface area contributed by atoms with Gasteiger partial charge in [-0.25, -0.2) is 8.42 Å². The van der Waals surface area contributed by atoms with Crippen LogP contribution in [0.5, 0.6) is 0 Å². The Morgan fingerprint density at radius 3 is 2.67 bits per heavy atom. The van der Waals surface area contributed by atoms with Crippen LogP contribution in [-0.2, 0) is 14.6 Å². The third kappa shape index (κ3) is 3.66. The number of hydrogen-bond donors (Lipinski definition) is 0. The minimum absolute atomic E-state index is 0.0754. The molecule has 6 heteroatoms. The number of amides is 1. The Morgan fingerprint density at radius 2 is 2.14 bits per heavy atom. The molecule has 1 amide bonds. The van der Waals surface area contributed by atoms with Crippen molar-refractivity contribution in [3.63, 3.8) is 0 Å². The number of carbonyl (C=O) groups is 1. The van der Waals surface area contributed by atoms with Gasteiger partial charge in [-0.2, -0.15) is 0 Å². The van der Waals surface area contributed by atoms with Crippen molar-refractivity contribution in [1.29, 1.82) is 0 Å². The normalized spacial score (nSPS) is 19.7. The first-order valence-electron chi connectivity index (χ1n) is 6.83. The summed E-state index contributed by atoms with van der Waals surface area (Å²) < 4.78 is 23.3. The predicted octanol–water partition coefficient (Wildman–Crippen LogP) is 3.09. The largest absolute Gasteiger partial charge is 0.304 e. The molecule has 2 rings (SSSR count). The maximum absolute atomic E-state index is 12.4. The Bertz CT molecular complexity index is 682. The van der Waals surface area contributed by atoms with Gasteiger partial charge in [-0.15, -0.1) is 0 Å². The molecule has 0 saturated heterocycles. The van der Waals surface area contributed by atoms with E-state index in [9.17, 15) is 13.2 Å². The number of nitrogens with zero attached hydrogens (tertiary/aromatic N) is 1. The van der Waals surface area contributed by atoms with Crippen molar-refractivity contribution in [2.24, 2.45) is 0 Å². The lowest BCUT2D eigenvalue weighted by Gasteiger charge is -2.28. The first-order chi connectivity index (χ1) is 9.84. The van der Waals surface area contributed by atoms with E-state index in [1.165, 1.54) is 10.3 Å². The molecule has 1 unspecified atom stereocenters. The molecule has 1 aliphatic heterocycles. The standard InChI is InChI=1S/C15H18ClNO3S/c1-3-4-15(18)17(13-7-8-21(19,20)10-13)12-6-5-11(2)14(16)9-12/h5-9,13H,3-4,10H2,1-2H3. The maximum atomic E-state index is 12.4. The van der Waals surface area contributed by atoms with E-state index in [1.807, 2.05) is 19.9 Å². The van der Waals surface area contributed by atoms with Crippen LogP contribution < -0.4 is 4.90 Å². The monoisotopic (exact) mass is 327 g/mol. The van der Waals surface area contributed by atoms with Crippen LogP contribution in [0.2, 0.25) is 5.02 Å². The molecule has 1 aromatic carbocycles. The quantitative estimate of drug-likeness (QED) is 0.854. The van der Waals surface area contributed by atoms with Crippen LogP contribution in [0.3, 0.4) is 0 Å². The van der Waals surface area contributed by atoms with E-state index in [1.54, 1.807) is 18.2 Å². The zero-order valence-electron chi connectivity index (χ0n) is 12.0. The van der Waals surface area contributed by atoms with Crippen LogP contribution in [0.4, 0.5) is 5.69 Å². The van der Waals surface area contributed by atoms with Crippen LogP contribution in [-0.4, -0.2) is 26.1 Å². The fourth-order valence-corrected chi connectivity index (χ4v) is 3.75. The van der Waals surface area contributed by atoms with Gasteiger partial charge in [0.1, 0.15) is 0 Å². The Labute approximate surface area is 130 Å². The minimum Gasteiger partial charge on any atom is -0.304 e. The summed E-state index contributed by atoms with van der Waals surface area (Å²) in [5, 5.41) is 1.74. The van der Waals surface area contributed by atoms with Crippen LogP contribution in [0.1, 0.15) is 25.3 Å². The summed E-state index contributed by atoms with van der Waals surface area (Å²) in [6.45, 7) is 3.80. The summed E-state index contributed by atoms with van der Waals surface area (Å²) in [7, 11) is -3.22. The average molecular weight is 328 g/mol. The van der Waals surface area contributed by atoms with Crippen LogP contribution in [0, 0.1) is 6.92 Å². The summed E-state index contributed by atoms with van der Waals surface area (Å²) in [5.74, 6) is -0.169. The van der Waals surface area contributed by atoms with Gasteiger partial charge in [-0.05, 0) is 37.1 Å². The molecule has 0 spiro atoms. The van der Waals surface area contributed by atoms with Gasteiger partial charge < -0.3 is 4.90 Å². The van der Waals surface area contributed by atoms with Gasteiger partial charge in [0.05, 0.1) is 11.8 Å². The number of benzene rings is 1. The van der Waals surface area contributed by atoms with Crippen molar-refractivity contribution >= 4 is 33.0 Å². The molecule has 0 N–H and O–H groups in total. The molecule has 1 aliphatic rings. The summed E-state index contributed by atoms with van der Waals surface area (Å²) in [5.41, 5.74) is 1.55. The van der Waals surface area contributed by atoms with Crippen molar-refractivity contribution in [2.75, 3.05) is 10.7 Å². The maximum Gasteiger partial charge on any atom is 0.227 e. The van der Waals surface area contributed by atoms with Gasteiger partial charge >= 0.3 is 0 Å². The molecular weight excluding hydrogens is 310 g/mol. The molecule has 1 heterocycles. The molecule has 1 aromatic rings. The number of carbonyl (C=O) groups excluding carboxylic acids is 1. The summed E-state index contributed by atoms with van der Waals surface area (Å²) >= 11 is 6.13. The molecule has 1 atom stereocenters. The van der Waals surface area contributed by atoms with E-state index < -0.39 is 15.9 Å². The second kappa shape index (κ2) is 6.20. The molecule has 0 fully saturated rings. The third-order valence-electron chi connectivity index (χ3n) is 3.41. The highest BCUT2D eigenvalue weighted by molar-refractivity contribution is 7.94. The van der Waals surface area contributed by atoms with Crippen molar-refractivity contribution < 1.29 is 13.2 Å². The molecule has 0 aromatic heterocycles. The second-order valence-corrected chi connectivity index (χ2v) is 7.51. The molecule has 0 saturated carbocycles. The Morgan fingerprint density at radius 1 is 1.43 bits per heavy atom. The highest BCUT2D eigenvalue weighted by Gasteiger charge is 2.31. The SMILES string of the molecule is CCCC(=O)N(c1ccc(C)c(Cl)c1)C1C=CS(=O)(=O)C1. The molecule has 21 heavy (non-hydrogen) atoms. The van der Waals surface area contributed by atoms with E-state index >= 15 is 0 Å². The van der Waals surface area contributed by atoms with E-state index in [0.29, 0.717) is 23.6 Å². The summed E-state index contributed by atoms with van der Waals surface area (Å²) in [6.07, 6.45) is 2.64. The predicted molar refractivity (Wildman–Crippen MR) is 85.3 cm³/mol. The van der Waals surface area contributed by atoms with E-state index in [-0.39, 0.29) is 11.7 Å². The Hall–Kier alpha value is -1.33. The third-order valence-corrected chi connectivity index (χ3v) is 5.19. The molecule has 0 radical (unpaired) electrons. The Kier molecular flexibility index (Phi) is 4.74. The van der Waals surface area contributed by atoms with Crippen molar-refractivity contribution in [3.05, 3.63) is 40.3 Å². The number of aryl methyl sites for hydroxylation is 1. The molecule has 0 aliphatic carbocycles. The fourth-order valence-electron chi connectivity index (χ4n) is 2.31. The number of halogens is 1. The summed E-state index contributed by atoms with van der Waals surface area (Å²) in [6, 6.07) is 4.88. The second-order valence-electron chi connectivity index (χ2n) is 5.17. The van der Waals surface area contributed by atoms with Crippen LogP contribution >= 0.6 is 11.6 Å². The first kappa shape index (κ1) is 16.0. The van der Waals surface area contributed by atoms with Gasteiger partial charge in [0.15, 0.2) is 9.84 Å². The van der Waals surface area contributed by atoms with Gasteiger partial charge in [0.25, 0.3) is 0 Å². The van der Waals surface area contributed by atoms with Crippen molar-refractivity contribution in [2.45, 2.75) is 32.7 Å². The number of hydrogen-bond acceptors (Lipinski definition) is 3. The van der Waals surface area contributed by atoms with Crippen molar-refractivity contribution in [3.8, 4) is 0 Å². The lowest BCUT2D eigenvalue weighted by molar-refractivity contribution is -0.118. The van der Waals surface area contributed by atoms with Crippen LogP contribution in [0.15, 0.2) is 29.7 Å². The number of anilines is 1. The van der Waals surface area contributed by atoms with E-state index in [2.05, 4.69) is 0 Å². The van der Waals surface area contributed by atoms with Gasteiger partial charge in [-0.3, -0.25) is 4.79 Å². The number of sulfone groups is 1. The molecule has 0 bridgehead atoms. The zero-order valence-corrected chi connectivity index (χ0v) is 13.6. The van der Waals surface area contributed by atoms with Gasteiger partial charge in [-0.1, -0.05) is 24.6 Å². The number of rotatable bonds is 4. The van der Waals surface area contributed by atoms with E-state index in [0.717, 1.165) is 5.56 Å². The highest BCUT2D eigenvalue weighted by atomic mass is 35.5. The van der Waals surface area contributed by atoms with Crippen molar-refractivity contribution in [1.82, 2.24) is 0 Å². The Balaban J connectivity index is 2.39. The lowest BCUT2D eigenvalue weighted by atomic mass is 10.1. The average Bonchev–Trinajstić information content (AvgIpc) is 2.74. The molecular formula is C15H18ClNO3S. The zero-order chi connectivity index (χ0) is 15.6. The minimum atomic E-state index is -3.22. The topological polar surface area (TPSA) is 54.5 Å². The van der Waals surface area contributed by atoms with Gasteiger partial charge in [0, 0.05) is 22.5 Å². The smallest absolute Gasteiger partial charge is 0.227 e.